The molecule has 3 atom stereocenters. The molecule has 1 saturated heterocycles. The zero-order chi connectivity index (χ0) is 25.9. The van der Waals surface area contributed by atoms with Crippen LogP contribution in [-0.4, -0.2) is 38.4 Å². The first-order valence-corrected chi connectivity index (χ1v) is 12.7. The number of amides is 1. The molecule has 5 rings (SSSR count). The Labute approximate surface area is 217 Å². The summed E-state index contributed by atoms with van der Waals surface area (Å²) in [5.74, 6) is -0.0672. The van der Waals surface area contributed by atoms with Crippen LogP contribution in [0.2, 0.25) is 0 Å². The lowest BCUT2D eigenvalue weighted by atomic mass is 9.92. The van der Waals surface area contributed by atoms with Gasteiger partial charge in [-0.05, 0) is 59.2 Å². The number of benzene rings is 3. The van der Waals surface area contributed by atoms with Crippen molar-refractivity contribution in [2.75, 3.05) is 10.7 Å². The number of nitrogens with zero attached hydrogens (tertiary/aromatic N) is 2. The minimum absolute atomic E-state index is 0.0910. The number of aliphatic hydroxyl groups excluding tert-OH is 1. The van der Waals surface area contributed by atoms with Crippen molar-refractivity contribution in [3.8, 4) is 16.9 Å². The molecule has 1 aliphatic heterocycles. The Hall–Kier alpha value is -4.01. The lowest BCUT2D eigenvalue weighted by Crippen LogP contribution is -2.57. The number of hydrogen-bond donors (Lipinski definition) is 2. The summed E-state index contributed by atoms with van der Waals surface area (Å²) < 4.78 is 13.2. The molecule has 0 spiro atoms. The van der Waals surface area contributed by atoms with Crippen molar-refractivity contribution in [2.45, 2.75) is 17.4 Å². The lowest BCUT2D eigenvalue weighted by molar-refractivity contribution is -0.123. The van der Waals surface area contributed by atoms with Gasteiger partial charge in [0.2, 0.25) is 5.91 Å². The zero-order valence-corrected chi connectivity index (χ0v) is 20.4. The van der Waals surface area contributed by atoms with Crippen molar-refractivity contribution in [3.05, 3.63) is 114 Å². The Kier molecular flexibility index (Phi) is 7.03. The van der Waals surface area contributed by atoms with Gasteiger partial charge in [0.05, 0.1) is 12.1 Å². The van der Waals surface area contributed by atoms with Crippen molar-refractivity contribution in [2.24, 2.45) is 0 Å². The first kappa shape index (κ1) is 24.7. The molecule has 6 nitrogen and oxygen atoms in total. The molecule has 8 heteroatoms. The number of hydrogen-bond acceptors (Lipinski definition) is 6. The smallest absolute Gasteiger partial charge is 0.243 e. The summed E-state index contributed by atoms with van der Waals surface area (Å²) in [4.78, 5) is 30.2. The van der Waals surface area contributed by atoms with Crippen LogP contribution >= 0.6 is 11.8 Å². The molecule has 2 N–H and O–H groups in total. The first-order valence-electron chi connectivity index (χ1n) is 11.6. The molecule has 37 heavy (non-hydrogen) atoms. The van der Waals surface area contributed by atoms with Crippen molar-refractivity contribution >= 4 is 29.6 Å². The van der Waals surface area contributed by atoms with Gasteiger partial charge in [-0.15, -0.1) is 11.8 Å². The van der Waals surface area contributed by atoms with Gasteiger partial charge in [0, 0.05) is 35.0 Å². The Morgan fingerprint density at radius 3 is 2.35 bits per heavy atom. The Balaban J connectivity index is 1.37. The highest BCUT2D eigenvalue weighted by molar-refractivity contribution is 8.00. The third kappa shape index (κ3) is 5.12. The first-order chi connectivity index (χ1) is 17.9. The molecule has 0 unspecified atom stereocenters. The Morgan fingerprint density at radius 1 is 0.973 bits per heavy atom. The molecule has 3 aromatic carbocycles. The molecule has 0 saturated carbocycles. The number of halogens is 1. The fourth-order valence-electron chi connectivity index (χ4n) is 4.38. The average molecular weight is 515 g/mol. The van der Waals surface area contributed by atoms with Crippen molar-refractivity contribution < 1.29 is 24.2 Å². The van der Waals surface area contributed by atoms with Crippen LogP contribution in [0.4, 0.5) is 10.1 Å². The normalized spacial score (nSPS) is 17.8. The van der Waals surface area contributed by atoms with Crippen LogP contribution < -0.4 is 4.90 Å². The van der Waals surface area contributed by atoms with Gasteiger partial charge in [0.15, 0.2) is 6.29 Å². The molecule has 4 aromatic rings. The van der Waals surface area contributed by atoms with Crippen molar-refractivity contribution in [3.63, 3.8) is 0 Å². The van der Waals surface area contributed by atoms with E-state index in [2.05, 4.69) is 4.98 Å². The van der Waals surface area contributed by atoms with E-state index in [4.69, 9.17) is 0 Å². The molecule has 0 bridgehead atoms. The summed E-state index contributed by atoms with van der Waals surface area (Å²) in [6, 6.07) is 21.3. The van der Waals surface area contributed by atoms with Crippen LogP contribution in [0, 0.1) is 5.82 Å². The molecule has 1 amide bonds. The van der Waals surface area contributed by atoms with Gasteiger partial charge in [0.25, 0.3) is 0 Å². The third-order valence-electron chi connectivity index (χ3n) is 6.34. The highest BCUT2D eigenvalue weighted by Crippen LogP contribution is 2.46. The fourth-order valence-corrected chi connectivity index (χ4v) is 5.68. The van der Waals surface area contributed by atoms with E-state index in [0.717, 1.165) is 23.0 Å². The van der Waals surface area contributed by atoms with Gasteiger partial charge in [0.1, 0.15) is 16.8 Å². The predicted molar refractivity (Wildman–Crippen MR) is 141 cm³/mol. The number of phenolic OH excluding ortho intramolecular Hbond substituents is 1. The monoisotopic (exact) mass is 514 g/mol. The number of phenols is 1. The number of thioether (sulfide) groups is 1. The Morgan fingerprint density at radius 2 is 1.68 bits per heavy atom. The second-order valence-corrected chi connectivity index (χ2v) is 9.91. The molecule has 0 radical (unpaired) electrons. The second kappa shape index (κ2) is 10.5. The van der Waals surface area contributed by atoms with E-state index in [0.29, 0.717) is 16.8 Å². The van der Waals surface area contributed by atoms with Crippen molar-refractivity contribution in [1.29, 1.82) is 0 Å². The number of β-lactam (4-membered cyclic amide) rings is 1. The van der Waals surface area contributed by atoms with Crippen LogP contribution in [-0.2, 0) is 4.79 Å². The molecule has 0 aliphatic carbocycles. The topological polar surface area (TPSA) is 90.7 Å². The zero-order valence-electron chi connectivity index (χ0n) is 19.6. The number of aldehydes is 1. The van der Waals surface area contributed by atoms with Gasteiger partial charge >= 0.3 is 0 Å². The summed E-state index contributed by atoms with van der Waals surface area (Å²) in [7, 11) is 0. The maximum atomic E-state index is 13.3. The van der Waals surface area contributed by atoms with Gasteiger partial charge in [-0.3, -0.25) is 14.6 Å². The summed E-state index contributed by atoms with van der Waals surface area (Å²) in [6.45, 7) is 0. The largest absolute Gasteiger partial charge is 0.508 e. The standard InChI is InChI=1S/C29H23FN2O4S/c30-23-7-1-20(2-8-23)26(35)17-37-28-27(21-5-11-25(34)12-6-21)32(29(28)36)24-9-3-19(4-10-24)22-13-18(16-33)14-31-15-22/h1-16,26-28,34-35H,17H2/t26-,27-,28-/m1/s1. The third-order valence-corrected chi connectivity index (χ3v) is 7.67. The van der Waals surface area contributed by atoms with E-state index in [-0.39, 0.29) is 29.3 Å². The highest BCUT2D eigenvalue weighted by Gasteiger charge is 2.49. The average Bonchev–Trinajstić information content (AvgIpc) is 2.93. The van der Waals surface area contributed by atoms with Crippen LogP contribution in [0.25, 0.3) is 11.1 Å². The summed E-state index contributed by atoms with van der Waals surface area (Å²) in [5, 5.41) is 19.9. The summed E-state index contributed by atoms with van der Waals surface area (Å²) >= 11 is 1.35. The van der Waals surface area contributed by atoms with Gasteiger partial charge in [-0.2, -0.15) is 0 Å². The second-order valence-electron chi connectivity index (χ2n) is 8.74. The van der Waals surface area contributed by atoms with Gasteiger partial charge in [-0.1, -0.05) is 36.4 Å². The van der Waals surface area contributed by atoms with Crippen LogP contribution in [0.1, 0.15) is 33.6 Å². The number of anilines is 1. The van der Waals surface area contributed by atoms with E-state index in [1.807, 2.05) is 24.3 Å². The van der Waals surface area contributed by atoms with E-state index >= 15 is 0 Å². The number of aromatic hydroxyl groups is 1. The highest BCUT2D eigenvalue weighted by atomic mass is 32.2. The van der Waals surface area contributed by atoms with E-state index in [9.17, 15) is 24.2 Å². The maximum absolute atomic E-state index is 13.3. The molecule has 1 aliphatic rings. The predicted octanol–water partition coefficient (Wildman–Crippen LogP) is 5.33. The minimum atomic E-state index is -0.845. The molecule has 1 aromatic heterocycles. The van der Waals surface area contributed by atoms with E-state index < -0.39 is 11.4 Å². The fraction of sp³-hybridized carbons (Fsp3) is 0.138. The lowest BCUT2D eigenvalue weighted by Gasteiger charge is -2.47. The number of aromatic nitrogens is 1. The molecule has 1 fully saturated rings. The number of pyridine rings is 1. The van der Waals surface area contributed by atoms with Crippen LogP contribution in [0.5, 0.6) is 5.75 Å². The van der Waals surface area contributed by atoms with E-state index in [1.165, 1.54) is 42.2 Å². The molecular formula is C29H23FN2O4S. The SMILES string of the molecule is O=Cc1cncc(-c2ccc(N3C(=O)[C@H](SC[C@@H](O)c4ccc(F)cc4)[C@H]3c3ccc(O)cc3)cc2)c1. The molecule has 2 heterocycles. The van der Waals surface area contributed by atoms with Gasteiger partial charge in [-0.25, -0.2) is 4.39 Å². The Bertz CT molecular complexity index is 1410. The quantitative estimate of drug-likeness (QED) is 0.244. The summed E-state index contributed by atoms with van der Waals surface area (Å²) in [6.07, 6.45) is 3.07. The summed E-state index contributed by atoms with van der Waals surface area (Å²) in [5.41, 5.74) is 4.30. The number of carbonyl (C=O) groups excluding carboxylic acids is 2. The number of aliphatic hydroxyl groups is 1. The molecule has 186 valence electrons. The number of carbonyl (C=O) groups is 2. The van der Waals surface area contributed by atoms with Crippen LogP contribution in [0.15, 0.2) is 91.3 Å². The minimum Gasteiger partial charge on any atom is -0.508 e. The van der Waals surface area contributed by atoms with Gasteiger partial charge < -0.3 is 15.1 Å². The van der Waals surface area contributed by atoms with E-state index in [1.54, 1.807) is 41.4 Å². The van der Waals surface area contributed by atoms with Crippen molar-refractivity contribution in [1.82, 2.24) is 4.98 Å². The van der Waals surface area contributed by atoms with Crippen LogP contribution in [0.3, 0.4) is 0 Å². The molecular weight excluding hydrogens is 491 g/mol. The maximum Gasteiger partial charge on any atom is 0.243 e. The number of rotatable bonds is 8.